The summed E-state index contributed by atoms with van der Waals surface area (Å²) in [6.45, 7) is 3.21. The van der Waals surface area contributed by atoms with E-state index in [4.69, 9.17) is 18.5 Å². The van der Waals surface area contributed by atoms with Crippen LogP contribution in [-0.2, 0) is 32.7 Å². The van der Waals surface area contributed by atoms with Crippen LogP contribution in [0.2, 0.25) is 0 Å². The van der Waals surface area contributed by atoms with Crippen LogP contribution in [-0.4, -0.2) is 98.3 Å². The molecule has 1 fully saturated rings. The van der Waals surface area contributed by atoms with Gasteiger partial charge in [-0.25, -0.2) is 4.57 Å². The number of unbranched alkanes of at least 4 members (excludes halogenated alkanes) is 16. The van der Waals surface area contributed by atoms with Gasteiger partial charge in [-0.15, -0.1) is 0 Å². The number of aliphatic hydroxyl groups excluding tert-OH is 5. The third kappa shape index (κ3) is 28.1. The molecule has 3 unspecified atom stereocenters. The van der Waals surface area contributed by atoms with Crippen molar-refractivity contribution in [2.75, 3.05) is 13.2 Å². The Labute approximate surface area is 354 Å². The van der Waals surface area contributed by atoms with Crippen LogP contribution in [0.1, 0.15) is 168 Å². The maximum Gasteiger partial charge on any atom is 0.472 e. The number of rotatable bonds is 36. The Morgan fingerprint density at radius 3 is 1.37 bits per heavy atom. The molecule has 0 amide bonds. The zero-order chi connectivity index (χ0) is 43.6. The first kappa shape index (κ1) is 54.8. The maximum absolute atomic E-state index is 12.8. The second-order valence-electron chi connectivity index (χ2n) is 15.5. The zero-order valence-corrected chi connectivity index (χ0v) is 36.9. The van der Waals surface area contributed by atoms with Gasteiger partial charge in [-0.1, -0.05) is 127 Å². The number of hydrogen-bond donors (Lipinski definition) is 6. The van der Waals surface area contributed by atoms with Crippen LogP contribution < -0.4 is 0 Å². The molecule has 0 bridgehead atoms. The molecule has 1 saturated carbocycles. The van der Waals surface area contributed by atoms with Gasteiger partial charge in [0.1, 0.15) is 43.2 Å². The lowest BCUT2D eigenvalue weighted by Gasteiger charge is -2.41. The predicted molar refractivity (Wildman–Crippen MR) is 230 cm³/mol. The van der Waals surface area contributed by atoms with Crippen molar-refractivity contribution in [1.82, 2.24) is 0 Å². The minimum Gasteiger partial charge on any atom is -0.462 e. The average molecular weight is 859 g/mol. The molecule has 6 N–H and O–H groups in total. The molecule has 0 spiro atoms. The first-order chi connectivity index (χ1) is 28.4. The van der Waals surface area contributed by atoms with Crippen LogP contribution in [0.5, 0.6) is 0 Å². The highest BCUT2D eigenvalue weighted by atomic mass is 31.2. The molecule has 0 heterocycles. The van der Waals surface area contributed by atoms with E-state index in [0.717, 1.165) is 89.9 Å². The quantitative estimate of drug-likeness (QED) is 0.0152. The predicted octanol–water partition coefficient (Wildman–Crippen LogP) is 8.39. The molecule has 0 aromatic heterocycles. The fourth-order valence-electron chi connectivity index (χ4n) is 6.46. The molecular formula is C45H79O13P. The van der Waals surface area contributed by atoms with E-state index in [1.54, 1.807) is 0 Å². The van der Waals surface area contributed by atoms with Crippen molar-refractivity contribution >= 4 is 19.8 Å². The van der Waals surface area contributed by atoms with Crippen molar-refractivity contribution in [2.24, 2.45) is 0 Å². The summed E-state index contributed by atoms with van der Waals surface area (Å²) in [5.41, 5.74) is 0. The topological polar surface area (TPSA) is 210 Å². The summed E-state index contributed by atoms with van der Waals surface area (Å²) >= 11 is 0. The monoisotopic (exact) mass is 859 g/mol. The van der Waals surface area contributed by atoms with Gasteiger partial charge in [0.05, 0.1) is 6.61 Å². The lowest BCUT2D eigenvalue weighted by molar-refractivity contribution is -0.220. The number of aliphatic hydroxyl groups is 5. The van der Waals surface area contributed by atoms with E-state index in [2.05, 4.69) is 62.5 Å². The molecular weight excluding hydrogens is 779 g/mol. The zero-order valence-electron chi connectivity index (χ0n) is 36.0. The second kappa shape index (κ2) is 35.4. The van der Waals surface area contributed by atoms with E-state index in [9.17, 15) is 44.6 Å². The van der Waals surface area contributed by atoms with Gasteiger partial charge < -0.3 is 39.9 Å². The second-order valence-corrected chi connectivity index (χ2v) is 16.9. The number of carbonyl (C=O) groups is 2. The minimum absolute atomic E-state index is 0.0761. The molecule has 0 aliphatic heterocycles. The summed E-state index contributed by atoms with van der Waals surface area (Å²) in [6.07, 6.45) is 27.3. The fourth-order valence-corrected chi connectivity index (χ4v) is 7.44. The summed E-state index contributed by atoms with van der Waals surface area (Å²) in [6, 6.07) is 0. The van der Waals surface area contributed by atoms with E-state index in [1.807, 2.05) is 0 Å². The highest BCUT2D eigenvalue weighted by molar-refractivity contribution is 7.47. The van der Waals surface area contributed by atoms with E-state index in [-0.39, 0.29) is 12.8 Å². The van der Waals surface area contributed by atoms with Crippen LogP contribution in [0.15, 0.2) is 48.6 Å². The van der Waals surface area contributed by atoms with E-state index < -0.39 is 75.7 Å². The molecule has 8 atom stereocenters. The highest BCUT2D eigenvalue weighted by Crippen LogP contribution is 2.47. The van der Waals surface area contributed by atoms with Crippen LogP contribution in [0.3, 0.4) is 0 Å². The van der Waals surface area contributed by atoms with Crippen molar-refractivity contribution in [2.45, 2.75) is 211 Å². The molecule has 1 aliphatic rings. The SMILES string of the molecule is CCCCCC=CCC=CCCCCCCCC(=O)OC[C@H](COP(=O)(O)OC1[C@H](O)[C@H](O)C(O)[C@H](O)[C@H]1O)OC(=O)CCCCCCCC=CCC=CCCCCC. The Bertz CT molecular complexity index is 1220. The average Bonchev–Trinajstić information content (AvgIpc) is 3.21. The smallest absolute Gasteiger partial charge is 0.462 e. The lowest BCUT2D eigenvalue weighted by Crippen LogP contribution is -2.64. The van der Waals surface area contributed by atoms with Gasteiger partial charge in [-0.05, 0) is 77.0 Å². The molecule has 0 aromatic rings. The van der Waals surface area contributed by atoms with E-state index in [1.165, 1.54) is 38.5 Å². The van der Waals surface area contributed by atoms with Gasteiger partial charge in [-0.2, -0.15) is 0 Å². The van der Waals surface area contributed by atoms with Gasteiger partial charge in [0.25, 0.3) is 0 Å². The van der Waals surface area contributed by atoms with Crippen molar-refractivity contribution < 1.29 is 63.1 Å². The Morgan fingerprint density at radius 2 is 0.915 bits per heavy atom. The van der Waals surface area contributed by atoms with E-state index >= 15 is 0 Å². The van der Waals surface area contributed by atoms with Gasteiger partial charge >= 0.3 is 19.8 Å². The fraction of sp³-hybridized carbons (Fsp3) is 0.778. The normalized spacial score (nSPS) is 22.8. The molecule has 59 heavy (non-hydrogen) atoms. The Hall–Kier alpha value is -2.19. The molecule has 0 radical (unpaired) electrons. The van der Waals surface area contributed by atoms with Crippen LogP contribution in [0.25, 0.3) is 0 Å². The molecule has 342 valence electrons. The number of phosphoric acid groups is 1. The van der Waals surface area contributed by atoms with Gasteiger partial charge in [0, 0.05) is 12.8 Å². The molecule has 1 aliphatic carbocycles. The molecule has 14 heteroatoms. The summed E-state index contributed by atoms with van der Waals surface area (Å²) in [5, 5.41) is 50.1. The first-order valence-electron chi connectivity index (χ1n) is 22.4. The molecule has 1 rings (SSSR count). The summed E-state index contributed by atoms with van der Waals surface area (Å²) in [5.74, 6) is -1.13. The Morgan fingerprint density at radius 1 is 0.525 bits per heavy atom. The number of ether oxygens (including phenoxy) is 2. The highest BCUT2D eigenvalue weighted by Gasteiger charge is 2.51. The van der Waals surface area contributed by atoms with Crippen LogP contribution in [0, 0.1) is 0 Å². The number of carbonyl (C=O) groups excluding carboxylic acids is 2. The number of esters is 2. The standard InChI is InChI=1S/C45H79O13P/c1-3-5-7-9-11-13-15-17-19-21-23-25-27-29-31-33-38(46)55-35-37(36-56-59(53,54)58-45-43(51)41(49)40(48)42(50)44(45)52)57-39(47)34-32-30-28-26-24-22-20-18-16-14-12-10-8-6-4-2/h11-14,17-20,37,40-45,48-52H,3-10,15-16,21-36H2,1-2H3,(H,53,54)/t37-,40?,41-,42+,43-,44-,45?/m1/s1. The first-order valence-corrected chi connectivity index (χ1v) is 23.9. The third-order valence-electron chi connectivity index (χ3n) is 10.1. The van der Waals surface area contributed by atoms with Crippen molar-refractivity contribution in [3.05, 3.63) is 48.6 Å². The Kier molecular flexibility index (Phi) is 32.9. The lowest BCUT2D eigenvalue weighted by atomic mass is 9.85. The third-order valence-corrected chi connectivity index (χ3v) is 11.1. The number of allylic oxidation sites excluding steroid dienone is 8. The van der Waals surface area contributed by atoms with Gasteiger partial charge in [0.2, 0.25) is 0 Å². The van der Waals surface area contributed by atoms with Crippen molar-refractivity contribution in [3.8, 4) is 0 Å². The minimum atomic E-state index is -5.12. The number of hydrogen-bond acceptors (Lipinski definition) is 12. The molecule has 13 nitrogen and oxygen atoms in total. The summed E-state index contributed by atoms with van der Waals surface area (Å²) in [7, 11) is -5.12. The maximum atomic E-state index is 12.8. The van der Waals surface area contributed by atoms with Gasteiger partial charge in [-0.3, -0.25) is 18.6 Å². The van der Waals surface area contributed by atoms with Crippen LogP contribution >= 0.6 is 7.82 Å². The largest absolute Gasteiger partial charge is 0.472 e. The van der Waals surface area contributed by atoms with Gasteiger partial charge in [0.15, 0.2) is 6.10 Å². The Balaban J connectivity index is 2.50. The summed E-state index contributed by atoms with van der Waals surface area (Å²) in [4.78, 5) is 35.6. The number of phosphoric ester groups is 1. The summed E-state index contributed by atoms with van der Waals surface area (Å²) < 4.78 is 33.5. The van der Waals surface area contributed by atoms with Crippen molar-refractivity contribution in [3.63, 3.8) is 0 Å². The molecule has 0 aromatic carbocycles. The van der Waals surface area contributed by atoms with E-state index in [0.29, 0.717) is 12.8 Å². The van der Waals surface area contributed by atoms with Crippen LogP contribution in [0.4, 0.5) is 0 Å². The molecule has 0 saturated heterocycles. The van der Waals surface area contributed by atoms with Crippen molar-refractivity contribution in [1.29, 1.82) is 0 Å².